The van der Waals surface area contributed by atoms with E-state index < -0.39 is 15.9 Å². The Bertz CT molecular complexity index is 1160. The molecule has 3 rings (SSSR count). The molecule has 0 aliphatic heterocycles. The van der Waals surface area contributed by atoms with Crippen molar-refractivity contribution in [3.63, 3.8) is 0 Å². The Morgan fingerprint density at radius 1 is 1.17 bits per heavy atom. The Kier molecular flexibility index (Phi) is 5.77. The number of hydrogen-bond acceptors (Lipinski definition) is 6. The summed E-state index contributed by atoms with van der Waals surface area (Å²) < 4.78 is 31.3. The maximum Gasteiger partial charge on any atom is 0.243 e. The summed E-state index contributed by atoms with van der Waals surface area (Å²) in [6.45, 7) is 1.40. The minimum absolute atomic E-state index is 0.0130. The van der Waals surface area contributed by atoms with Gasteiger partial charge in [0.05, 0.1) is 23.1 Å². The Hall–Kier alpha value is -3.48. The third-order valence-electron chi connectivity index (χ3n) is 4.14. The van der Waals surface area contributed by atoms with E-state index in [9.17, 15) is 13.2 Å². The lowest BCUT2D eigenvalue weighted by molar-refractivity contribution is -0.116. The molecule has 9 heteroatoms. The molecule has 0 saturated carbocycles. The molecule has 0 radical (unpaired) electrons. The fraction of sp³-hybridized carbons (Fsp3) is 0.150. The maximum atomic E-state index is 12.6. The minimum atomic E-state index is -3.85. The van der Waals surface area contributed by atoms with Crippen LogP contribution in [-0.4, -0.2) is 37.2 Å². The van der Waals surface area contributed by atoms with E-state index in [1.807, 2.05) is 6.07 Å². The number of amides is 1. The second-order valence-corrected chi connectivity index (χ2v) is 8.32. The number of rotatable bonds is 6. The van der Waals surface area contributed by atoms with Crippen molar-refractivity contribution in [2.24, 2.45) is 0 Å². The average Bonchev–Trinajstić information content (AvgIpc) is 3.14. The van der Waals surface area contributed by atoms with Crippen molar-refractivity contribution < 1.29 is 17.6 Å². The Balaban J connectivity index is 1.64. The largest absolute Gasteiger partial charge is 0.449 e. The summed E-state index contributed by atoms with van der Waals surface area (Å²) in [6, 6.07) is 14.4. The van der Waals surface area contributed by atoms with Crippen LogP contribution in [0.15, 0.2) is 64.1 Å². The minimum Gasteiger partial charge on any atom is -0.449 e. The summed E-state index contributed by atoms with van der Waals surface area (Å²) in [4.78, 5) is 16.5. The van der Waals surface area contributed by atoms with E-state index in [0.717, 1.165) is 9.87 Å². The standard InChI is InChI=1S/C20H18N4O4S/c1-14-22-19(13-28-14)16-5-7-17(8-6-16)23-20(25)12-24(2)29(26,27)18-9-3-15(11-21)4-10-18/h3-10,13H,12H2,1-2H3,(H,23,25). The third kappa shape index (κ3) is 4.68. The molecule has 0 aliphatic rings. The van der Waals surface area contributed by atoms with Gasteiger partial charge in [-0.3, -0.25) is 4.79 Å². The molecule has 0 spiro atoms. The monoisotopic (exact) mass is 410 g/mol. The summed E-state index contributed by atoms with van der Waals surface area (Å²) in [7, 11) is -2.52. The SMILES string of the molecule is Cc1nc(-c2ccc(NC(=O)CN(C)S(=O)(=O)c3ccc(C#N)cc3)cc2)co1. The molecule has 8 nitrogen and oxygen atoms in total. The number of carbonyl (C=O) groups excluding carboxylic acids is 1. The first-order chi connectivity index (χ1) is 13.8. The van der Waals surface area contributed by atoms with E-state index in [1.54, 1.807) is 37.5 Å². The highest BCUT2D eigenvalue weighted by atomic mass is 32.2. The molecule has 0 atom stereocenters. The van der Waals surface area contributed by atoms with Crippen molar-refractivity contribution in [3.8, 4) is 17.3 Å². The van der Waals surface area contributed by atoms with Crippen molar-refractivity contribution in [3.05, 3.63) is 66.2 Å². The summed E-state index contributed by atoms with van der Waals surface area (Å²) in [5.41, 5.74) is 2.41. The number of sulfonamides is 1. The van der Waals surface area contributed by atoms with Crippen LogP contribution in [0.5, 0.6) is 0 Å². The maximum absolute atomic E-state index is 12.6. The number of carbonyl (C=O) groups is 1. The Morgan fingerprint density at radius 2 is 1.83 bits per heavy atom. The van der Waals surface area contributed by atoms with E-state index in [2.05, 4.69) is 10.3 Å². The van der Waals surface area contributed by atoms with Crippen LogP contribution in [0, 0.1) is 18.3 Å². The lowest BCUT2D eigenvalue weighted by Gasteiger charge is -2.17. The van der Waals surface area contributed by atoms with Crippen LogP contribution in [0.2, 0.25) is 0 Å². The summed E-state index contributed by atoms with van der Waals surface area (Å²) in [6.07, 6.45) is 1.55. The fourth-order valence-corrected chi connectivity index (χ4v) is 3.72. The molecule has 148 valence electrons. The second kappa shape index (κ2) is 8.26. The number of nitrogens with zero attached hydrogens (tertiary/aromatic N) is 3. The lowest BCUT2D eigenvalue weighted by atomic mass is 10.1. The van der Waals surface area contributed by atoms with E-state index >= 15 is 0 Å². The molecule has 1 heterocycles. The number of oxazole rings is 1. The fourth-order valence-electron chi connectivity index (χ4n) is 2.59. The number of likely N-dealkylation sites (N-methyl/N-ethyl adjacent to an activating group) is 1. The summed E-state index contributed by atoms with van der Waals surface area (Å²) >= 11 is 0. The van der Waals surface area contributed by atoms with Crippen LogP contribution >= 0.6 is 0 Å². The van der Waals surface area contributed by atoms with Crippen molar-refractivity contribution in [1.29, 1.82) is 5.26 Å². The zero-order chi connectivity index (χ0) is 21.0. The Labute approximate surface area is 168 Å². The number of nitrogens with one attached hydrogen (secondary N) is 1. The van der Waals surface area contributed by atoms with Gasteiger partial charge < -0.3 is 9.73 Å². The highest BCUT2D eigenvalue weighted by molar-refractivity contribution is 7.89. The van der Waals surface area contributed by atoms with Gasteiger partial charge in [-0.25, -0.2) is 13.4 Å². The summed E-state index contributed by atoms with van der Waals surface area (Å²) in [5.74, 6) is 0.0821. The molecule has 3 aromatic rings. The zero-order valence-electron chi connectivity index (χ0n) is 15.8. The van der Waals surface area contributed by atoms with E-state index in [0.29, 0.717) is 22.8 Å². The van der Waals surface area contributed by atoms with Crippen LogP contribution < -0.4 is 5.32 Å². The van der Waals surface area contributed by atoms with Crippen LogP contribution in [0.3, 0.4) is 0 Å². The van der Waals surface area contributed by atoms with Gasteiger partial charge in [-0.05, 0) is 36.4 Å². The first-order valence-electron chi connectivity index (χ1n) is 8.58. The molecule has 0 unspecified atom stereocenters. The van der Waals surface area contributed by atoms with Crippen molar-refractivity contribution in [2.75, 3.05) is 18.9 Å². The van der Waals surface area contributed by atoms with Gasteiger partial charge in [0.1, 0.15) is 12.0 Å². The molecular formula is C20H18N4O4S. The molecule has 1 aromatic heterocycles. The van der Waals surface area contributed by atoms with Gasteiger partial charge in [-0.2, -0.15) is 9.57 Å². The van der Waals surface area contributed by atoms with Crippen LogP contribution in [0.25, 0.3) is 11.3 Å². The average molecular weight is 410 g/mol. The van der Waals surface area contributed by atoms with Gasteiger partial charge in [0.25, 0.3) is 0 Å². The van der Waals surface area contributed by atoms with Crippen molar-refractivity contribution in [2.45, 2.75) is 11.8 Å². The van der Waals surface area contributed by atoms with Crippen LogP contribution in [-0.2, 0) is 14.8 Å². The van der Waals surface area contributed by atoms with E-state index in [1.165, 1.54) is 31.3 Å². The molecular weight excluding hydrogens is 392 g/mol. The molecule has 0 aliphatic carbocycles. The van der Waals surface area contributed by atoms with Gasteiger partial charge >= 0.3 is 0 Å². The highest BCUT2D eigenvalue weighted by Gasteiger charge is 2.23. The predicted molar refractivity (Wildman–Crippen MR) is 106 cm³/mol. The molecule has 0 bridgehead atoms. The van der Waals surface area contributed by atoms with Gasteiger partial charge in [-0.1, -0.05) is 12.1 Å². The number of anilines is 1. The van der Waals surface area contributed by atoms with E-state index in [-0.39, 0.29) is 11.4 Å². The zero-order valence-corrected chi connectivity index (χ0v) is 16.6. The smallest absolute Gasteiger partial charge is 0.243 e. The number of hydrogen-bond donors (Lipinski definition) is 1. The molecule has 0 saturated heterocycles. The third-order valence-corrected chi connectivity index (χ3v) is 5.96. The number of aromatic nitrogens is 1. The molecule has 0 fully saturated rings. The predicted octanol–water partition coefficient (Wildman–Crippen LogP) is 2.78. The molecule has 1 amide bonds. The topological polar surface area (TPSA) is 116 Å². The van der Waals surface area contributed by atoms with Gasteiger partial charge in [0.15, 0.2) is 5.89 Å². The quantitative estimate of drug-likeness (QED) is 0.668. The second-order valence-electron chi connectivity index (χ2n) is 6.27. The molecule has 2 aromatic carbocycles. The van der Waals surface area contributed by atoms with Gasteiger partial charge in [-0.15, -0.1) is 0 Å². The first-order valence-corrected chi connectivity index (χ1v) is 10.0. The van der Waals surface area contributed by atoms with Crippen LogP contribution in [0.4, 0.5) is 5.69 Å². The van der Waals surface area contributed by atoms with Crippen molar-refractivity contribution >= 4 is 21.6 Å². The molecule has 1 N–H and O–H groups in total. The number of nitriles is 1. The Morgan fingerprint density at radius 3 is 2.38 bits per heavy atom. The number of aryl methyl sites for hydroxylation is 1. The van der Waals surface area contributed by atoms with Gasteiger partial charge in [0, 0.05) is 25.2 Å². The lowest BCUT2D eigenvalue weighted by Crippen LogP contribution is -2.34. The first kappa shape index (κ1) is 20.3. The van der Waals surface area contributed by atoms with Crippen LogP contribution in [0.1, 0.15) is 11.5 Å². The highest BCUT2D eigenvalue weighted by Crippen LogP contribution is 2.21. The van der Waals surface area contributed by atoms with Gasteiger partial charge in [0.2, 0.25) is 15.9 Å². The molecule has 29 heavy (non-hydrogen) atoms. The van der Waals surface area contributed by atoms with Crippen molar-refractivity contribution in [1.82, 2.24) is 9.29 Å². The summed E-state index contributed by atoms with van der Waals surface area (Å²) in [5, 5.41) is 11.5. The van der Waals surface area contributed by atoms with E-state index in [4.69, 9.17) is 9.68 Å². The number of benzene rings is 2. The normalized spacial score (nSPS) is 11.2.